The minimum atomic E-state index is 0.153. The van der Waals surface area contributed by atoms with Crippen LogP contribution in [0.15, 0.2) is 53.1 Å². The van der Waals surface area contributed by atoms with Crippen molar-refractivity contribution in [1.82, 2.24) is 24.6 Å². The largest absolute Gasteiger partial charge is 0.354 e. The van der Waals surface area contributed by atoms with Gasteiger partial charge in [-0.05, 0) is 13.1 Å². The van der Waals surface area contributed by atoms with E-state index in [4.69, 9.17) is 4.99 Å². The summed E-state index contributed by atoms with van der Waals surface area (Å²) in [5, 5.41) is 7.75. The quantitative estimate of drug-likeness (QED) is 0.850. The van der Waals surface area contributed by atoms with Gasteiger partial charge in [0.15, 0.2) is 11.7 Å². The number of piperazine rings is 1. The van der Waals surface area contributed by atoms with Crippen LogP contribution in [0.3, 0.4) is 0 Å². The van der Waals surface area contributed by atoms with Gasteiger partial charge in [0.1, 0.15) is 5.82 Å². The Hall–Kier alpha value is -3.20. The highest BCUT2D eigenvalue weighted by Crippen LogP contribution is 2.29. The summed E-state index contributed by atoms with van der Waals surface area (Å²) in [5.74, 6) is 2.61. The Balaban J connectivity index is 1.32. The molecule has 0 aromatic carbocycles. The molecule has 150 valence electrons. The van der Waals surface area contributed by atoms with Crippen molar-refractivity contribution in [2.45, 2.75) is 6.04 Å². The number of likely N-dealkylation sites (N-methyl/N-ethyl adjacent to an activating group) is 1. The fourth-order valence-corrected chi connectivity index (χ4v) is 3.91. The van der Waals surface area contributed by atoms with Gasteiger partial charge in [0.25, 0.3) is 0 Å². The number of pyridine rings is 1. The molecule has 2 aromatic rings. The van der Waals surface area contributed by atoms with Crippen LogP contribution in [-0.2, 0) is 7.05 Å². The normalized spacial score (nSPS) is 21.8. The second-order valence-electron chi connectivity index (χ2n) is 7.63. The van der Waals surface area contributed by atoms with Gasteiger partial charge in [-0.15, -0.1) is 0 Å². The highest BCUT2D eigenvalue weighted by Gasteiger charge is 2.32. The van der Waals surface area contributed by atoms with Crippen molar-refractivity contribution in [3.63, 3.8) is 0 Å². The fraction of sp³-hybridized carbons (Fsp3) is 0.400. The molecule has 0 bridgehead atoms. The van der Waals surface area contributed by atoms with Crippen molar-refractivity contribution in [3.8, 4) is 0 Å². The highest BCUT2D eigenvalue weighted by molar-refractivity contribution is 6.45. The molecule has 5 heterocycles. The molecule has 29 heavy (non-hydrogen) atoms. The van der Waals surface area contributed by atoms with Crippen molar-refractivity contribution < 1.29 is 0 Å². The number of nitrogens with one attached hydrogen (secondary N) is 1. The van der Waals surface area contributed by atoms with Crippen LogP contribution in [0.1, 0.15) is 11.6 Å². The van der Waals surface area contributed by atoms with E-state index in [2.05, 4.69) is 48.2 Å². The Morgan fingerprint density at radius 1 is 1.14 bits per heavy atom. The molecule has 3 aliphatic rings. The van der Waals surface area contributed by atoms with Gasteiger partial charge in [-0.2, -0.15) is 5.10 Å². The van der Waals surface area contributed by atoms with E-state index in [1.807, 2.05) is 48.8 Å². The molecule has 1 atom stereocenters. The molecule has 2 aromatic heterocycles. The molecule has 5 rings (SSSR count). The van der Waals surface area contributed by atoms with Crippen molar-refractivity contribution in [2.24, 2.45) is 17.0 Å². The number of anilines is 2. The molecule has 1 saturated heterocycles. The fourth-order valence-electron chi connectivity index (χ4n) is 3.91. The van der Waals surface area contributed by atoms with Crippen LogP contribution in [-0.4, -0.2) is 76.0 Å². The van der Waals surface area contributed by atoms with Crippen LogP contribution in [0.5, 0.6) is 0 Å². The van der Waals surface area contributed by atoms with Gasteiger partial charge in [0.05, 0.1) is 18.8 Å². The summed E-state index contributed by atoms with van der Waals surface area (Å²) >= 11 is 0. The maximum Gasteiger partial charge on any atom is 0.173 e. The Kier molecular flexibility index (Phi) is 4.51. The summed E-state index contributed by atoms with van der Waals surface area (Å²) in [5.41, 5.74) is 2.12. The van der Waals surface area contributed by atoms with Crippen LogP contribution in [0.4, 0.5) is 11.5 Å². The van der Waals surface area contributed by atoms with Crippen LogP contribution < -0.4 is 10.2 Å². The summed E-state index contributed by atoms with van der Waals surface area (Å²) < 4.78 is 1.82. The summed E-state index contributed by atoms with van der Waals surface area (Å²) in [6.45, 7) is 4.78. The SMILES string of the molecule is CN1CCN(c2cc(NC3=NC=CN4C3=NCC4c3cnn(C)c3)ccn2)CC1. The number of rotatable bonds is 3. The molecule has 3 aliphatic heterocycles. The zero-order valence-corrected chi connectivity index (χ0v) is 16.7. The van der Waals surface area contributed by atoms with Crippen molar-refractivity contribution in [2.75, 3.05) is 50.0 Å². The average Bonchev–Trinajstić information content (AvgIpc) is 3.35. The van der Waals surface area contributed by atoms with E-state index in [1.165, 1.54) is 0 Å². The molecule has 1 fully saturated rings. The molecule has 1 unspecified atom stereocenters. The lowest BCUT2D eigenvalue weighted by molar-refractivity contribution is 0.312. The van der Waals surface area contributed by atoms with E-state index in [9.17, 15) is 0 Å². The molecule has 0 aliphatic carbocycles. The molecule has 0 radical (unpaired) electrons. The van der Waals surface area contributed by atoms with E-state index in [0.29, 0.717) is 6.54 Å². The van der Waals surface area contributed by atoms with Crippen molar-refractivity contribution >= 4 is 23.2 Å². The van der Waals surface area contributed by atoms with Gasteiger partial charge in [-0.3, -0.25) is 9.67 Å². The lowest BCUT2D eigenvalue weighted by Crippen LogP contribution is -2.44. The zero-order chi connectivity index (χ0) is 19.8. The van der Waals surface area contributed by atoms with E-state index >= 15 is 0 Å². The Bertz CT molecular complexity index is 981. The van der Waals surface area contributed by atoms with Gasteiger partial charge in [0, 0.05) is 75.3 Å². The first kappa shape index (κ1) is 17.9. The van der Waals surface area contributed by atoms with Gasteiger partial charge < -0.3 is 20.0 Å². The van der Waals surface area contributed by atoms with E-state index in [-0.39, 0.29) is 6.04 Å². The summed E-state index contributed by atoms with van der Waals surface area (Å²) in [4.78, 5) is 20.7. The third-order valence-corrected chi connectivity index (χ3v) is 5.58. The Morgan fingerprint density at radius 3 is 2.79 bits per heavy atom. The molecule has 9 nitrogen and oxygen atoms in total. The molecule has 0 amide bonds. The first-order chi connectivity index (χ1) is 14.2. The lowest BCUT2D eigenvalue weighted by Gasteiger charge is -2.33. The highest BCUT2D eigenvalue weighted by atomic mass is 15.3. The standard InChI is InChI=1S/C20H25N9/c1-26-7-9-28(10-8-26)18-11-16(3-4-21-18)25-19-20-23-13-17(29(20)6-5-22-19)15-12-24-27(2)14-15/h3-6,11-12,14,17H,7-10,13H2,1-2H3,(H,21,22,25). The predicted molar refractivity (Wildman–Crippen MR) is 114 cm³/mol. The van der Waals surface area contributed by atoms with Crippen LogP contribution in [0, 0.1) is 0 Å². The van der Waals surface area contributed by atoms with Gasteiger partial charge >= 0.3 is 0 Å². The van der Waals surface area contributed by atoms with Gasteiger partial charge in [-0.25, -0.2) is 9.98 Å². The summed E-state index contributed by atoms with van der Waals surface area (Å²) in [6.07, 6.45) is 9.60. The Morgan fingerprint density at radius 2 is 2.00 bits per heavy atom. The van der Waals surface area contributed by atoms with Crippen molar-refractivity contribution in [1.29, 1.82) is 0 Å². The average molecular weight is 391 g/mol. The minimum Gasteiger partial charge on any atom is -0.354 e. The maximum absolute atomic E-state index is 4.75. The first-order valence-electron chi connectivity index (χ1n) is 9.90. The third-order valence-electron chi connectivity index (χ3n) is 5.58. The molecular weight excluding hydrogens is 366 g/mol. The third kappa shape index (κ3) is 3.49. The maximum atomic E-state index is 4.75. The number of fused-ring (bicyclic) bond motifs is 1. The number of aromatic nitrogens is 3. The molecule has 9 heteroatoms. The zero-order valence-electron chi connectivity index (χ0n) is 16.7. The van der Waals surface area contributed by atoms with Gasteiger partial charge in [-0.1, -0.05) is 0 Å². The topological polar surface area (TPSA) is 77.2 Å². The number of aliphatic imine (C=N–C) groups is 2. The second kappa shape index (κ2) is 7.32. The first-order valence-corrected chi connectivity index (χ1v) is 9.90. The molecule has 0 spiro atoms. The monoisotopic (exact) mass is 391 g/mol. The second-order valence-corrected chi connectivity index (χ2v) is 7.63. The summed E-state index contributed by atoms with van der Waals surface area (Å²) in [7, 11) is 4.09. The smallest absolute Gasteiger partial charge is 0.173 e. The van der Waals surface area contributed by atoms with E-state index in [0.717, 1.165) is 54.9 Å². The number of hydrogen-bond acceptors (Lipinski definition) is 8. The van der Waals surface area contributed by atoms with Crippen molar-refractivity contribution in [3.05, 3.63) is 48.7 Å². The number of amidine groups is 2. The lowest BCUT2D eigenvalue weighted by atomic mass is 10.1. The predicted octanol–water partition coefficient (Wildman–Crippen LogP) is 1.32. The number of hydrogen-bond donors (Lipinski definition) is 1. The molecule has 0 saturated carbocycles. The van der Waals surface area contributed by atoms with Crippen LogP contribution in [0.2, 0.25) is 0 Å². The minimum absolute atomic E-state index is 0.153. The molecule has 1 N–H and O–H groups in total. The number of nitrogens with zero attached hydrogens (tertiary/aromatic N) is 8. The van der Waals surface area contributed by atoms with E-state index < -0.39 is 0 Å². The Labute approximate surface area is 170 Å². The van der Waals surface area contributed by atoms with Crippen LogP contribution in [0.25, 0.3) is 0 Å². The summed E-state index contributed by atoms with van der Waals surface area (Å²) in [6, 6.07) is 4.21. The van der Waals surface area contributed by atoms with Gasteiger partial charge in [0.2, 0.25) is 0 Å². The van der Waals surface area contributed by atoms with E-state index in [1.54, 1.807) is 0 Å². The van der Waals surface area contributed by atoms with Crippen LogP contribution >= 0.6 is 0 Å². The number of aryl methyl sites for hydroxylation is 1. The molecular formula is C20H25N9.